The van der Waals surface area contributed by atoms with Gasteiger partial charge in [0.15, 0.2) is 0 Å². The number of ether oxygens (including phenoxy) is 4. The molecule has 152 valence electrons. The van der Waals surface area contributed by atoms with Crippen LogP contribution in [-0.2, 0) is 18.9 Å². The van der Waals surface area contributed by atoms with Gasteiger partial charge in [-0.25, -0.2) is 0 Å². The summed E-state index contributed by atoms with van der Waals surface area (Å²) in [6, 6.07) is 7.90. The second-order valence-corrected chi connectivity index (χ2v) is 6.69. The largest absolute Gasteiger partial charge is 0.377 e. The minimum absolute atomic E-state index is 0.539. The van der Waals surface area contributed by atoms with Crippen molar-refractivity contribution in [3.8, 4) is 0 Å². The summed E-state index contributed by atoms with van der Waals surface area (Å²) in [5, 5.41) is 16.4. The van der Waals surface area contributed by atoms with E-state index in [9.17, 15) is 0 Å². The Morgan fingerprint density at radius 1 is 0.750 bits per heavy atom. The van der Waals surface area contributed by atoms with Gasteiger partial charge in [0.25, 0.3) is 5.13 Å². The molecule has 0 aliphatic carbocycles. The summed E-state index contributed by atoms with van der Waals surface area (Å²) in [5.74, 6) is 0. The van der Waals surface area contributed by atoms with Crippen LogP contribution in [0.2, 0.25) is 0 Å². The number of rotatable bonds is 3. The van der Waals surface area contributed by atoms with Crippen molar-refractivity contribution < 1.29 is 18.9 Å². The molecular formula is C18H25N5O4S. The number of aromatic nitrogens is 2. The summed E-state index contributed by atoms with van der Waals surface area (Å²) in [7, 11) is 0. The molecule has 1 aliphatic rings. The third kappa shape index (κ3) is 7.56. The van der Waals surface area contributed by atoms with Crippen molar-refractivity contribution in [2.75, 3.05) is 70.8 Å². The molecule has 2 heterocycles. The molecule has 0 spiro atoms. The van der Waals surface area contributed by atoms with Crippen LogP contribution in [-0.4, -0.2) is 76.1 Å². The zero-order valence-electron chi connectivity index (χ0n) is 15.7. The van der Waals surface area contributed by atoms with Crippen LogP contribution in [0.15, 0.2) is 40.0 Å². The van der Waals surface area contributed by atoms with Crippen molar-refractivity contribution in [1.29, 1.82) is 0 Å². The molecule has 0 bridgehead atoms. The highest BCUT2D eigenvalue weighted by molar-refractivity contribution is 7.13. The standard InChI is InChI=1S/C18H25N5O4S/c1-3-17(4-2-16(1)20-22-18-21-19-15-28-18)23-5-7-24-9-11-26-13-14-27-12-10-25-8-6-23/h1-4,15H,5-14H2. The molecule has 9 nitrogen and oxygen atoms in total. The highest BCUT2D eigenvalue weighted by atomic mass is 32.1. The van der Waals surface area contributed by atoms with Crippen LogP contribution >= 0.6 is 11.3 Å². The Labute approximate surface area is 168 Å². The maximum absolute atomic E-state index is 5.67. The molecule has 10 heteroatoms. The second kappa shape index (κ2) is 12.5. The van der Waals surface area contributed by atoms with Crippen LogP contribution in [0.1, 0.15) is 0 Å². The van der Waals surface area contributed by atoms with Crippen molar-refractivity contribution in [2.24, 2.45) is 10.2 Å². The SMILES string of the molecule is c1nnc(N=Nc2ccc(N3CCOCCOCCOCCOCC3)cc2)s1. The van der Waals surface area contributed by atoms with Gasteiger partial charge in [-0.05, 0) is 24.3 Å². The first-order chi connectivity index (χ1) is 13.9. The molecule has 1 aromatic heterocycles. The molecule has 1 aromatic carbocycles. The van der Waals surface area contributed by atoms with E-state index >= 15 is 0 Å². The van der Waals surface area contributed by atoms with Crippen molar-refractivity contribution in [2.45, 2.75) is 0 Å². The second-order valence-electron chi connectivity index (χ2n) is 5.87. The number of azo groups is 1. The predicted octanol–water partition coefficient (Wildman–Crippen LogP) is 2.84. The Bertz CT molecular complexity index is 668. The predicted molar refractivity (Wildman–Crippen MR) is 106 cm³/mol. The number of benzene rings is 1. The zero-order valence-corrected chi connectivity index (χ0v) is 16.6. The van der Waals surface area contributed by atoms with E-state index in [-0.39, 0.29) is 0 Å². The fourth-order valence-electron chi connectivity index (χ4n) is 2.52. The molecule has 1 saturated heterocycles. The number of hydrogen-bond acceptors (Lipinski definition) is 10. The Morgan fingerprint density at radius 2 is 1.32 bits per heavy atom. The van der Waals surface area contributed by atoms with Gasteiger partial charge in [-0.15, -0.1) is 20.4 Å². The van der Waals surface area contributed by atoms with E-state index in [2.05, 4.69) is 25.3 Å². The van der Waals surface area contributed by atoms with Gasteiger partial charge >= 0.3 is 0 Å². The lowest BCUT2D eigenvalue weighted by Gasteiger charge is -2.25. The van der Waals surface area contributed by atoms with Gasteiger partial charge in [0.05, 0.1) is 58.5 Å². The van der Waals surface area contributed by atoms with Crippen LogP contribution < -0.4 is 4.90 Å². The maximum atomic E-state index is 5.67. The van der Waals surface area contributed by atoms with Gasteiger partial charge in [-0.1, -0.05) is 11.3 Å². The fourth-order valence-corrected chi connectivity index (χ4v) is 2.89. The molecule has 0 unspecified atom stereocenters. The van der Waals surface area contributed by atoms with Crippen LogP contribution in [0.3, 0.4) is 0 Å². The van der Waals surface area contributed by atoms with Crippen LogP contribution in [0.25, 0.3) is 0 Å². The molecular weight excluding hydrogens is 382 g/mol. The number of anilines is 1. The van der Waals surface area contributed by atoms with Crippen molar-refractivity contribution in [3.05, 3.63) is 29.8 Å². The molecule has 0 radical (unpaired) electrons. The molecule has 0 saturated carbocycles. The first-order valence-electron chi connectivity index (χ1n) is 9.26. The third-order valence-corrected chi connectivity index (χ3v) is 4.52. The van der Waals surface area contributed by atoms with Crippen molar-refractivity contribution in [1.82, 2.24) is 10.2 Å². The van der Waals surface area contributed by atoms with Crippen LogP contribution in [0.4, 0.5) is 16.5 Å². The lowest BCUT2D eigenvalue weighted by atomic mass is 10.2. The molecule has 3 rings (SSSR count). The van der Waals surface area contributed by atoms with E-state index < -0.39 is 0 Å². The minimum atomic E-state index is 0.539. The van der Waals surface area contributed by atoms with E-state index in [0.29, 0.717) is 58.0 Å². The molecule has 1 aliphatic heterocycles. The Hall–Kier alpha value is -1.98. The zero-order chi connectivity index (χ0) is 19.3. The molecule has 2 aromatic rings. The minimum Gasteiger partial charge on any atom is -0.377 e. The smallest absolute Gasteiger partial charge is 0.251 e. The summed E-state index contributed by atoms with van der Waals surface area (Å²) in [5.41, 5.74) is 3.47. The Balaban J connectivity index is 1.55. The number of nitrogens with zero attached hydrogens (tertiary/aromatic N) is 5. The highest BCUT2D eigenvalue weighted by Gasteiger charge is 2.07. The van der Waals surface area contributed by atoms with Crippen molar-refractivity contribution in [3.63, 3.8) is 0 Å². The summed E-state index contributed by atoms with van der Waals surface area (Å²) >= 11 is 1.35. The van der Waals surface area contributed by atoms with E-state index in [1.165, 1.54) is 11.3 Å². The molecule has 0 N–H and O–H groups in total. The van der Waals surface area contributed by atoms with Crippen molar-refractivity contribution >= 4 is 27.8 Å². The van der Waals surface area contributed by atoms with Gasteiger partial charge in [0.2, 0.25) is 0 Å². The maximum Gasteiger partial charge on any atom is 0.251 e. The van der Waals surface area contributed by atoms with Crippen LogP contribution in [0, 0.1) is 0 Å². The van der Waals surface area contributed by atoms with Gasteiger partial charge in [0, 0.05) is 18.8 Å². The highest BCUT2D eigenvalue weighted by Crippen LogP contribution is 2.22. The van der Waals surface area contributed by atoms with Crippen LogP contribution in [0.5, 0.6) is 0 Å². The lowest BCUT2D eigenvalue weighted by molar-refractivity contribution is 0.00206. The van der Waals surface area contributed by atoms with E-state index in [4.69, 9.17) is 18.9 Å². The average Bonchev–Trinajstić information content (AvgIpc) is 3.24. The lowest BCUT2D eigenvalue weighted by Crippen LogP contribution is -2.31. The van der Waals surface area contributed by atoms with Gasteiger partial charge in [-0.2, -0.15) is 0 Å². The molecule has 0 atom stereocenters. The molecule has 1 fully saturated rings. The summed E-state index contributed by atoms with van der Waals surface area (Å²) < 4.78 is 22.2. The summed E-state index contributed by atoms with van der Waals surface area (Å²) in [6.45, 7) is 6.26. The fraction of sp³-hybridized carbons (Fsp3) is 0.556. The van der Waals surface area contributed by atoms with E-state index in [1.807, 2.05) is 24.3 Å². The third-order valence-electron chi connectivity index (χ3n) is 3.94. The number of hydrogen-bond donors (Lipinski definition) is 0. The first kappa shape index (κ1) is 20.7. The first-order valence-corrected chi connectivity index (χ1v) is 10.1. The summed E-state index contributed by atoms with van der Waals surface area (Å²) in [6.07, 6.45) is 0. The Morgan fingerprint density at radius 3 is 1.86 bits per heavy atom. The van der Waals surface area contributed by atoms with Gasteiger partial charge in [-0.3, -0.25) is 0 Å². The van der Waals surface area contributed by atoms with Gasteiger partial charge in [0.1, 0.15) is 5.51 Å². The normalized spacial score (nSPS) is 18.6. The van der Waals surface area contributed by atoms with E-state index in [1.54, 1.807) is 5.51 Å². The Kier molecular flexibility index (Phi) is 9.24. The molecule has 0 amide bonds. The quantitative estimate of drug-likeness (QED) is 0.723. The topological polar surface area (TPSA) is 90.7 Å². The van der Waals surface area contributed by atoms with Gasteiger partial charge < -0.3 is 23.8 Å². The van der Waals surface area contributed by atoms with E-state index in [0.717, 1.165) is 24.5 Å². The molecule has 28 heavy (non-hydrogen) atoms. The monoisotopic (exact) mass is 407 g/mol. The summed E-state index contributed by atoms with van der Waals surface area (Å²) in [4.78, 5) is 2.23. The average molecular weight is 407 g/mol.